The van der Waals surface area contributed by atoms with Crippen molar-refractivity contribution in [3.8, 4) is 0 Å². The van der Waals surface area contributed by atoms with Gasteiger partial charge in [-0.2, -0.15) is 4.52 Å². The highest BCUT2D eigenvalue weighted by Crippen LogP contribution is 2.26. The van der Waals surface area contributed by atoms with Crippen LogP contribution >= 0.6 is 11.3 Å². The third-order valence-electron chi connectivity index (χ3n) is 3.25. The van der Waals surface area contributed by atoms with Crippen molar-refractivity contribution < 1.29 is 0 Å². The number of nitrogens with zero attached hydrogens (tertiary/aromatic N) is 6. The van der Waals surface area contributed by atoms with E-state index in [2.05, 4.69) is 20.5 Å². The Hall–Kier alpha value is -2.35. The molecule has 4 heterocycles. The van der Waals surface area contributed by atoms with E-state index in [0.717, 1.165) is 15.3 Å². The van der Waals surface area contributed by atoms with Crippen molar-refractivity contribution in [2.45, 2.75) is 13.8 Å². The van der Waals surface area contributed by atoms with Gasteiger partial charge in [0, 0.05) is 4.88 Å². The average Bonchev–Trinajstić information content (AvgIpc) is 2.95. The highest BCUT2D eigenvalue weighted by atomic mass is 32.1. The number of tetrazole rings is 1. The molecule has 0 spiro atoms. The Morgan fingerprint density at radius 3 is 2.84 bits per heavy atom. The molecule has 4 rings (SSSR count). The van der Waals surface area contributed by atoms with E-state index in [0.29, 0.717) is 16.7 Å². The van der Waals surface area contributed by atoms with Gasteiger partial charge in [-0.1, -0.05) is 0 Å². The maximum Gasteiger partial charge on any atom is 0.283 e. The van der Waals surface area contributed by atoms with Crippen LogP contribution in [0.2, 0.25) is 0 Å². The summed E-state index contributed by atoms with van der Waals surface area (Å²) in [5.74, 6) is 0. The molecule has 0 aromatic carbocycles. The Bertz CT molecular complexity index is 1010. The standard InChI is InChI=1S/C11H8N6OS/c1-5-6(2)19-10-9(5)11(18)16-7(12-10)3-4-8-13-14-15-17(8)16/h3-4H,1-2H3. The maximum atomic E-state index is 12.6. The lowest BCUT2D eigenvalue weighted by atomic mass is 10.2. The second-order valence-electron chi connectivity index (χ2n) is 4.31. The molecule has 0 N–H and O–H groups in total. The number of thiophene rings is 1. The van der Waals surface area contributed by atoms with Crippen molar-refractivity contribution in [3.05, 3.63) is 32.9 Å². The van der Waals surface area contributed by atoms with Crippen molar-refractivity contribution in [1.82, 2.24) is 29.7 Å². The Labute approximate surface area is 110 Å². The van der Waals surface area contributed by atoms with Gasteiger partial charge in [-0.3, -0.25) is 4.79 Å². The molecule has 0 saturated carbocycles. The summed E-state index contributed by atoms with van der Waals surface area (Å²) < 4.78 is 2.77. The third kappa shape index (κ3) is 1.23. The van der Waals surface area contributed by atoms with Crippen molar-refractivity contribution in [3.63, 3.8) is 0 Å². The second-order valence-corrected chi connectivity index (χ2v) is 5.51. The highest BCUT2D eigenvalue weighted by Gasteiger charge is 2.15. The molecule has 8 heteroatoms. The number of rotatable bonds is 0. The highest BCUT2D eigenvalue weighted by molar-refractivity contribution is 7.18. The van der Waals surface area contributed by atoms with E-state index in [1.807, 2.05) is 13.8 Å². The summed E-state index contributed by atoms with van der Waals surface area (Å²) in [5.41, 5.74) is 1.88. The molecule has 0 aliphatic carbocycles. The summed E-state index contributed by atoms with van der Waals surface area (Å²) in [6, 6.07) is 3.48. The van der Waals surface area contributed by atoms with E-state index in [9.17, 15) is 4.79 Å². The number of hydrogen-bond donors (Lipinski definition) is 0. The summed E-state index contributed by atoms with van der Waals surface area (Å²) in [6.45, 7) is 3.92. The van der Waals surface area contributed by atoms with Crippen LogP contribution in [0.1, 0.15) is 10.4 Å². The van der Waals surface area contributed by atoms with Crippen LogP contribution in [0.4, 0.5) is 0 Å². The molecule has 0 aliphatic rings. The molecule has 0 saturated heterocycles. The normalized spacial score (nSPS) is 11.9. The molecular weight excluding hydrogens is 264 g/mol. The first-order valence-electron chi connectivity index (χ1n) is 5.66. The minimum absolute atomic E-state index is 0.139. The number of aryl methyl sites for hydroxylation is 2. The van der Waals surface area contributed by atoms with Crippen LogP contribution < -0.4 is 5.56 Å². The average molecular weight is 272 g/mol. The van der Waals surface area contributed by atoms with Gasteiger partial charge in [-0.25, -0.2) is 4.98 Å². The van der Waals surface area contributed by atoms with Crippen LogP contribution in [0.15, 0.2) is 16.9 Å². The Kier molecular flexibility index (Phi) is 1.86. The molecule has 94 valence electrons. The zero-order valence-electron chi connectivity index (χ0n) is 10.2. The molecule has 19 heavy (non-hydrogen) atoms. The van der Waals surface area contributed by atoms with Gasteiger partial charge in [0.1, 0.15) is 4.83 Å². The van der Waals surface area contributed by atoms with E-state index in [1.165, 1.54) is 20.5 Å². The monoisotopic (exact) mass is 272 g/mol. The Morgan fingerprint density at radius 2 is 2.00 bits per heavy atom. The molecule has 0 unspecified atom stereocenters. The van der Waals surface area contributed by atoms with Gasteiger partial charge in [-0.15, -0.1) is 21.1 Å². The second kappa shape index (κ2) is 3.35. The summed E-state index contributed by atoms with van der Waals surface area (Å²) in [4.78, 5) is 19.0. The maximum absolute atomic E-state index is 12.6. The zero-order chi connectivity index (χ0) is 13.1. The molecule has 0 fully saturated rings. The summed E-state index contributed by atoms with van der Waals surface area (Å²) in [7, 11) is 0. The lowest BCUT2D eigenvalue weighted by Crippen LogP contribution is -2.21. The Morgan fingerprint density at radius 1 is 1.21 bits per heavy atom. The van der Waals surface area contributed by atoms with Crippen molar-refractivity contribution in [2.24, 2.45) is 0 Å². The molecule has 0 atom stereocenters. The van der Waals surface area contributed by atoms with E-state index in [-0.39, 0.29) is 5.56 Å². The predicted octanol–water partition coefficient (Wildman–Crippen LogP) is 0.964. The molecule has 4 aromatic rings. The van der Waals surface area contributed by atoms with Crippen LogP contribution in [-0.2, 0) is 0 Å². The lowest BCUT2D eigenvalue weighted by molar-refractivity contribution is 0.675. The number of fused-ring (bicyclic) bond motifs is 4. The van der Waals surface area contributed by atoms with Gasteiger partial charge in [0.15, 0.2) is 11.3 Å². The first-order valence-corrected chi connectivity index (χ1v) is 6.48. The van der Waals surface area contributed by atoms with Crippen LogP contribution in [0, 0.1) is 13.8 Å². The molecule has 7 nitrogen and oxygen atoms in total. The van der Waals surface area contributed by atoms with E-state index in [1.54, 1.807) is 12.1 Å². The quantitative estimate of drug-likeness (QED) is 0.476. The van der Waals surface area contributed by atoms with Crippen LogP contribution in [0.5, 0.6) is 0 Å². The van der Waals surface area contributed by atoms with Crippen molar-refractivity contribution in [2.75, 3.05) is 0 Å². The largest absolute Gasteiger partial charge is 0.283 e. The summed E-state index contributed by atoms with van der Waals surface area (Å²) in [5, 5.41) is 11.9. The fourth-order valence-electron chi connectivity index (χ4n) is 2.17. The van der Waals surface area contributed by atoms with Crippen molar-refractivity contribution in [1.29, 1.82) is 0 Å². The topological polar surface area (TPSA) is 77.4 Å². The smallest absolute Gasteiger partial charge is 0.267 e. The molecule has 0 amide bonds. The van der Waals surface area contributed by atoms with Gasteiger partial charge in [0.2, 0.25) is 0 Å². The molecular formula is C11H8N6OS. The van der Waals surface area contributed by atoms with Crippen LogP contribution in [-0.4, -0.2) is 29.7 Å². The SMILES string of the molecule is Cc1sc2nc3ccc4nnnn4n3c(=O)c2c1C. The van der Waals surface area contributed by atoms with Gasteiger partial charge in [0.05, 0.1) is 5.39 Å². The third-order valence-corrected chi connectivity index (χ3v) is 4.35. The minimum Gasteiger partial charge on any atom is -0.267 e. The van der Waals surface area contributed by atoms with E-state index >= 15 is 0 Å². The van der Waals surface area contributed by atoms with E-state index in [4.69, 9.17) is 0 Å². The lowest BCUT2D eigenvalue weighted by Gasteiger charge is -2.01. The van der Waals surface area contributed by atoms with Crippen LogP contribution in [0.3, 0.4) is 0 Å². The first kappa shape index (κ1) is 10.6. The molecule has 0 radical (unpaired) electrons. The van der Waals surface area contributed by atoms with Crippen molar-refractivity contribution >= 4 is 32.8 Å². The molecule has 0 bridgehead atoms. The fraction of sp³-hybridized carbons (Fsp3) is 0.182. The first-order chi connectivity index (χ1) is 9.16. The molecule has 0 aliphatic heterocycles. The number of aromatic nitrogens is 6. The Balaban J connectivity index is 2.40. The van der Waals surface area contributed by atoms with Gasteiger partial charge in [0.25, 0.3) is 5.56 Å². The summed E-state index contributed by atoms with van der Waals surface area (Å²) in [6.07, 6.45) is 0. The van der Waals surface area contributed by atoms with Gasteiger partial charge >= 0.3 is 0 Å². The van der Waals surface area contributed by atoms with E-state index < -0.39 is 0 Å². The van der Waals surface area contributed by atoms with Crippen LogP contribution in [0.25, 0.3) is 21.5 Å². The fourth-order valence-corrected chi connectivity index (χ4v) is 3.20. The predicted molar refractivity (Wildman–Crippen MR) is 70.7 cm³/mol. The summed E-state index contributed by atoms with van der Waals surface area (Å²) >= 11 is 1.53. The number of hydrogen-bond acceptors (Lipinski definition) is 6. The van der Waals surface area contributed by atoms with Gasteiger partial charge < -0.3 is 0 Å². The zero-order valence-corrected chi connectivity index (χ0v) is 11.0. The minimum atomic E-state index is -0.139. The molecule has 4 aromatic heterocycles. The van der Waals surface area contributed by atoms with Gasteiger partial charge in [-0.05, 0) is 42.0 Å².